The van der Waals surface area contributed by atoms with Crippen LogP contribution in [0.3, 0.4) is 0 Å². The van der Waals surface area contributed by atoms with Gasteiger partial charge in [-0.2, -0.15) is 0 Å². The zero-order chi connectivity index (χ0) is 15.0. The summed E-state index contributed by atoms with van der Waals surface area (Å²) in [6.07, 6.45) is 1.46. The zero-order valence-electron chi connectivity index (χ0n) is 10.8. The first-order valence-electron chi connectivity index (χ1n) is 6.24. The molecule has 5 nitrogen and oxygen atoms in total. The van der Waals surface area contributed by atoms with Crippen LogP contribution in [-0.4, -0.2) is 10.0 Å². The van der Waals surface area contributed by atoms with Crippen molar-refractivity contribution in [3.8, 4) is 0 Å². The fraction of sp³-hybridized carbons (Fsp3) is 0. The molecule has 0 heterocycles. The molecule has 0 aliphatic heterocycles. The van der Waals surface area contributed by atoms with Crippen LogP contribution in [0.5, 0.6) is 0 Å². The van der Waals surface area contributed by atoms with Crippen LogP contribution >= 0.6 is 0 Å². The van der Waals surface area contributed by atoms with E-state index in [0.717, 1.165) is 0 Å². The molecule has 0 radical (unpaired) electrons. The topological polar surface area (TPSA) is 86.4 Å². The minimum absolute atomic E-state index is 0.0631. The number of non-ortho nitro benzene ring substituents is 1. The summed E-state index contributed by atoms with van der Waals surface area (Å²) in [4.78, 5) is 10.3. The number of nitrogens with zero attached hydrogens (tertiary/aromatic N) is 1. The quantitative estimate of drug-likeness (QED) is 0.652. The number of hydrogen-bond donors (Lipinski definition) is 1. The van der Waals surface area contributed by atoms with Crippen molar-refractivity contribution in [3.63, 3.8) is 0 Å². The van der Waals surface area contributed by atoms with Crippen molar-refractivity contribution in [1.29, 1.82) is 0 Å². The SMILES string of the molecule is O=[N+]([O-])c1cccc(C=C2C([O-])=c3ccccc3=C2O)c1. The van der Waals surface area contributed by atoms with Crippen LogP contribution in [0.4, 0.5) is 5.69 Å². The number of hydrogen-bond acceptors (Lipinski definition) is 4. The molecule has 0 saturated carbocycles. The molecule has 21 heavy (non-hydrogen) atoms. The number of benzene rings is 2. The normalized spacial score (nSPS) is 15.3. The van der Waals surface area contributed by atoms with Gasteiger partial charge in [0.15, 0.2) is 0 Å². The number of aliphatic hydroxyl groups is 1. The lowest BCUT2D eigenvalue weighted by molar-refractivity contribution is -0.384. The summed E-state index contributed by atoms with van der Waals surface area (Å²) < 4.78 is 0. The van der Waals surface area contributed by atoms with E-state index in [9.17, 15) is 20.3 Å². The van der Waals surface area contributed by atoms with Gasteiger partial charge in [0.05, 0.1) is 4.92 Å². The highest BCUT2D eigenvalue weighted by Crippen LogP contribution is 2.22. The summed E-state index contributed by atoms with van der Waals surface area (Å²) in [7, 11) is 0. The summed E-state index contributed by atoms with van der Waals surface area (Å²) in [6.45, 7) is 0. The Kier molecular flexibility index (Phi) is 2.95. The molecule has 0 atom stereocenters. The predicted octanol–water partition coefficient (Wildman–Crippen LogP) is 0.827. The van der Waals surface area contributed by atoms with Gasteiger partial charge in [0, 0.05) is 22.9 Å². The van der Waals surface area contributed by atoms with E-state index in [1.165, 1.54) is 24.3 Å². The molecule has 0 saturated heterocycles. The highest BCUT2D eigenvalue weighted by molar-refractivity contribution is 5.88. The third-order valence-electron chi connectivity index (χ3n) is 3.32. The average molecular weight is 280 g/mol. The van der Waals surface area contributed by atoms with Gasteiger partial charge < -0.3 is 10.2 Å². The lowest BCUT2D eigenvalue weighted by atomic mass is 10.1. The van der Waals surface area contributed by atoms with Crippen molar-refractivity contribution in [3.05, 3.63) is 80.2 Å². The van der Waals surface area contributed by atoms with Gasteiger partial charge >= 0.3 is 0 Å². The molecule has 1 N–H and O–H groups in total. The summed E-state index contributed by atoms with van der Waals surface area (Å²) in [5.74, 6) is -0.378. The van der Waals surface area contributed by atoms with Crippen LogP contribution in [0.15, 0.2) is 54.1 Å². The molecule has 0 aromatic heterocycles. The van der Waals surface area contributed by atoms with Crippen molar-refractivity contribution in [2.75, 3.05) is 0 Å². The highest BCUT2D eigenvalue weighted by atomic mass is 16.6. The summed E-state index contributed by atoms with van der Waals surface area (Å²) >= 11 is 0. The summed E-state index contributed by atoms with van der Waals surface area (Å²) in [5.41, 5.74) is 0.579. The average Bonchev–Trinajstić information content (AvgIpc) is 2.73. The van der Waals surface area contributed by atoms with Gasteiger partial charge in [-0.15, -0.1) is 0 Å². The second-order valence-electron chi connectivity index (χ2n) is 4.63. The van der Waals surface area contributed by atoms with Crippen molar-refractivity contribution in [2.45, 2.75) is 0 Å². The van der Waals surface area contributed by atoms with E-state index in [-0.39, 0.29) is 22.8 Å². The Morgan fingerprint density at radius 3 is 2.43 bits per heavy atom. The van der Waals surface area contributed by atoms with E-state index in [1.807, 2.05) is 0 Å². The lowest BCUT2D eigenvalue weighted by Gasteiger charge is -2.11. The van der Waals surface area contributed by atoms with Gasteiger partial charge in [0.25, 0.3) is 5.69 Å². The molecule has 0 bridgehead atoms. The van der Waals surface area contributed by atoms with Crippen molar-refractivity contribution in [2.24, 2.45) is 0 Å². The number of fused-ring (bicyclic) bond motifs is 1. The monoisotopic (exact) mass is 280 g/mol. The molecule has 3 rings (SSSR count). The van der Waals surface area contributed by atoms with Crippen molar-refractivity contribution in [1.82, 2.24) is 0 Å². The molecule has 0 amide bonds. The standard InChI is InChI=1S/C16H11NO4/c18-15-12-6-1-2-7-13(12)16(19)14(15)9-10-4-3-5-11(8-10)17(20)21/h1-9,18-19H/p-1. The van der Waals surface area contributed by atoms with E-state index in [0.29, 0.717) is 16.0 Å². The van der Waals surface area contributed by atoms with E-state index < -0.39 is 4.92 Å². The molecule has 0 spiro atoms. The number of nitro benzene ring substituents is 1. The van der Waals surface area contributed by atoms with Crippen LogP contribution in [0.2, 0.25) is 0 Å². The van der Waals surface area contributed by atoms with Crippen LogP contribution in [-0.2, 0) is 0 Å². The summed E-state index contributed by atoms with van der Waals surface area (Å²) in [5, 5.41) is 34.1. The van der Waals surface area contributed by atoms with Gasteiger partial charge in [0.1, 0.15) is 5.76 Å². The Bertz CT molecular complexity index is 853. The zero-order valence-corrected chi connectivity index (χ0v) is 10.8. The first kappa shape index (κ1) is 12.9. The van der Waals surface area contributed by atoms with Crippen LogP contribution in [0.1, 0.15) is 5.56 Å². The largest absolute Gasteiger partial charge is 0.872 e. The highest BCUT2D eigenvalue weighted by Gasteiger charge is 2.13. The van der Waals surface area contributed by atoms with Crippen LogP contribution in [0.25, 0.3) is 17.6 Å². The molecular weight excluding hydrogens is 270 g/mol. The maximum Gasteiger partial charge on any atom is 0.270 e. The fourth-order valence-corrected chi connectivity index (χ4v) is 2.31. The fourth-order valence-electron chi connectivity index (χ4n) is 2.31. The van der Waals surface area contributed by atoms with Gasteiger partial charge in [-0.1, -0.05) is 42.2 Å². The molecule has 2 aromatic carbocycles. The van der Waals surface area contributed by atoms with Gasteiger partial charge in [-0.25, -0.2) is 0 Å². The number of aliphatic hydroxyl groups excluding tert-OH is 1. The van der Waals surface area contributed by atoms with Crippen molar-refractivity contribution >= 4 is 23.3 Å². The Morgan fingerprint density at radius 2 is 1.76 bits per heavy atom. The second kappa shape index (κ2) is 4.79. The minimum Gasteiger partial charge on any atom is -0.872 e. The van der Waals surface area contributed by atoms with Gasteiger partial charge in [0.2, 0.25) is 0 Å². The number of rotatable bonds is 2. The maximum atomic E-state index is 12.2. The van der Waals surface area contributed by atoms with Crippen molar-refractivity contribution < 1.29 is 15.1 Å². The summed E-state index contributed by atoms with van der Waals surface area (Å²) in [6, 6.07) is 12.7. The van der Waals surface area contributed by atoms with Gasteiger partial charge in [-0.3, -0.25) is 10.1 Å². The van der Waals surface area contributed by atoms with E-state index in [1.54, 1.807) is 30.3 Å². The van der Waals surface area contributed by atoms with Crippen LogP contribution < -0.4 is 15.5 Å². The van der Waals surface area contributed by atoms with Crippen LogP contribution in [0, 0.1) is 10.1 Å². The van der Waals surface area contributed by atoms with Gasteiger partial charge in [-0.05, 0) is 16.9 Å². The molecule has 0 fully saturated rings. The molecule has 1 aliphatic rings. The van der Waals surface area contributed by atoms with E-state index >= 15 is 0 Å². The molecular formula is C16H10NO4-. The van der Waals surface area contributed by atoms with E-state index in [2.05, 4.69) is 0 Å². The Morgan fingerprint density at radius 1 is 1.05 bits per heavy atom. The second-order valence-corrected chi connectivity index (χ2v) is 4.63. The molecule has 5 heteroatoms. The Hall–Kier alpha value is -3.08. The molecule has 2 aromatic rings. The smallest absolute Gasteiger partial charge is 0.270 e. The third-order valence-corrected chi connectivity index (χ3v) is 3.32. The lowest BCUT2D eigenvalue weighted by Crippen LogP contribution is -2.26. The minimum atomic E-state index is -0.503. The predicted molar refractivity (Wildman–Crippen MR) is 76.2 cm³/mol. The maximum absolute atomic E-state index is 12.2. The first-order valence-corrected chi connectivity index (χ1v) is 6.24. The first-order chi connectivity index (χ1) is 10.1. The Labute approximate surface area is 119 Å². The number of nitro groups is 1. The Balaban J connectivity index is 2.16. The third kappa shape index (κ3) is 2.14. The molecule has 1 aliphatic carbocycles. The molecule has 0 unspecified atom stereocenters. The van der Waals surface area contributed by atoms with E-state index in [4.69, 9.17) is 0 Å². The molecule has 104 valence electrons.